The maximum atomic E-state index is 5.71. The molecule has 2 rings (SSSR count). The van der Waals surface area contributed by atoms with Crippen molar-refractivity contribution >= 4 is 27.5 Å². The third-order valence-electron chi connectivity index (χ3n) is 1.49. The molecule has 6 heteroatoms. The lowest BCUT2D eigenvalue weighted by Gasteiger charge is -1.98. The predicted molar refractivity (Wildman–Crippen MR) is 55.8 cm³/mol. The molecule has 0 aromatic carbocycles. The lowest BCUT2D eigenvalue weighted by Crippen LogP contribution is -1.90. The van der Waals surface area contributed by atoms with Gasteiger partial charge in [-0.25, -0.2) is 15.0 Å². The first-order valence-electron chi connectivity index (χ1n) is 3.72. The van der Waals surface area contributed by atoms with Gasteiger partial charge in [-0.05, 0) is 22.0 Å². The highest BCUT2D eigenvalue weighted by molar-refractivity contribution is 9.10. The molecule has 0 saturated carbocycles. The fourth-order valence-corrected chi connectivity index (χ4v) is 1.40. The highest BCUT2D eigenvalue weighted by Crippen LogP contribution is 2.15. The molecular weight excluding hydrogens is 267 g/mol. The number of hydrogen-bond donors (Lipinski definition) is 0. The van der Waals surface area contributed by atoms with E-state index in [9.17, 15) is 0 Å². The quantitative estimate of drug-likeness (QED) is 0.747. The molecule has 0 spiro atoms. The molecule has 4 nitrogen and oxygen atoms in total. The summed E-state index contributed by atoms with van der Waals surface area (Å²) in [5.74, 6) is 0. The van der Waals surface area contributed by atoms with Gasteiger partial charge in [0.15, 0.2) is 4.73 Å². The molecule has 0 aliphatic rings. The second kappa shape index (κ2) is 3.98. The molecule has 0 fully saturated rings. The van der Waals surface area contributed by atoms with Crippen LogP contribution in [0.3, 0.4) is 0 Å². The lowest BCUT2D eigenvalue weighted by molar-refractivity contribution is 1.09. The molecule has 0 bridgehead atoms. The number of nitrogens with zero attached hydrogens (tertiary/aromatic N) is 4. The Morgan fingerprint density at radius 2 is 2.00 bits per heavy atom. The zero-order valence-corrected chi connectivity index (χ0v) is 9.20. The molecule has 0 amide bonds. The van der Waals surface area contributed by atoms with Crippen LogP contribution in [0.15, 0.2) is 29.4 Å². The first kappa shape index (κ1) is 9.48. The smallest absolute Gasteiger partial charge is 0.197 e. The van der Waals surface area contributed by atoms with E-state index in [1.807, 2.05) is 0 Å². The fourth-order valence-electron chi connectivity index (χ4n) is 0.943. The van der Waals surface area contributed by atoms with Gasteiger partial charge in [-0.1, -0.05) is 11.6 Å². The SMILES string of the molecule is Clc1cncc(-c2ccnc(Br)n2)n1. The number of hydrogen-bond acceptors (Lipinski definition) is 4. The van der Waals surface area contributed by atoms with Crippen molar-refractivity contribution in [2.75, 3.05) is 0 Å². The van der Waals surface area contributed by atoms with Crippen molar-refractivity contribution in [3.05, 3.63) is 34.5 Å². The van der Waals surface area contributed by atoms with Gasteiger partial charge in [-0.2, -0.15) is 0 Å². The van der Waals surface area contributed by atoms with E-state index in [-0.39, 0.29) is 0 Å². The molecule has 0 N–H and O–H groups in total. The van der Waals surface area contributed by atoms with Crippen molar-refractivity contribution in [3.63, 3.8) is 0 Å². The van der Waals surface area contributed by atoms with Gasteiger partial charge in [0.2, 0.25) is 0 Å². The molecule has 0 radical (unpaired) electrons. The van der Waals surface area contributed by atoms with Crippen LogP contribution >= 0.6 is 27.5 Å². The third-order valence-corrected chi connectivity index (χ3v) is 2.06. The number of aromatic nitrogens is 4. The number of halogens is 2. The van der Waals surface area contributed by atoms with Gasteiger partial charge in [-0.3, -0.25) is 4.98 Å². The van der Waals surface area contributed by atoms with Gasteiger partial charge in [0.25, 0.3) is 0 Å². The minimum atomic E-state index is 0.345. The van der Waals surface area contributed by atoms with Crippen LogP contribution in [0.4, 0.5) is 0 Å². The summed E-state index contributed by atoms with van der Waals surface area (Å²) in [6, 6.07) is 1.74. The standard InChI is InChI=1S/C8H4BrClN4/c9-8-12-2-1-5(14-8)6-3-11-4-7(10)13-6/h1-4H. The van der Waals surface area contributed by atoms with E-state index in [0.29, 0.717) is 21.3 Å². The van der Waals surface area contributed by atoms with Crippen molar-refractivity contribution < 1.29 is 0 Å². The molecule has 0 unspecified atom stereocenters. The molecule has 14 heavy (non-hydrogen) atoms. The maximum absolute atomic E-state index is 5.71. The molecule has 2 heterocycles. The van der Waals surface area contributed by atoms with Crippen LogP contribution in [-0.4, -0.2) is 19.9 Å². The Morgan fingerprint density at radius 3 is 2.71 bits per heavy atom. The normalized spacial score (nSPS) is 10.1. The molecule has 2 aromatic heterocycles. The van der Waals surface area contributed by atoms with Gasteiger partial charge in [-0.15, -0.1) is 0 Å². The van der Waals surface area contributed by atoms with Gasteiger partial charge in [0.05, 0.1) is 18.1 Å². The van der Waals surface area contributed by atoms with Crippen LogP contribution in [0.5, 0.6) is 0 Å². The molecule has 0 atom stereocenters. The first-order chi connectivity index (χ1) is 6.75. The average Bonchev–Trinajstić information content (AvgIpc) is 2.18. The summed E-state index contributed by atoms with van der Waals surface area (Å²) in [4.78, 5) is 16.0. The van der Waals surface area contributed by atoms with E-state index < -0.39 is 0 Å². The van der Waals surface area contributed by atoms with Crippen LogP contribution in [0.25, 0.3) is 11.4 Å². The van der Waals surface area contributed by atoms with Crippen molar-refractivity contribution in [1.29, 1.82) is 0 Å². The van der Waals surface area contributed by atoms with Crippen molar-refractivity contribution in [2.45, 2.75) is 0 Å². The lowest BCUT2D eigenvalue weighted by atomic mass is 10.3. The van der Waals surface area contributed by atoms with E-state index in [1.165, 1.54) is 6.20 Å². The van der Waals surface area contributed by atoms with Gasteiger partial charge in [0.1, 0.15) is 10.8 Å². The van der Waals surface area contributed by atoms with E-state index >= 15 is 0 Å². The summed E-state index contributed by atoms with van der Waals surface area (Å²) in [5.41, 5.74) is 1.31. The topological polar surface area (TPSA) is 51.6 Å². The Hall–Kier alpha value is -1.07. The molecule has 70 valence electrons. The molecule has 0 aliphatic heterocycles. The zero-order valence-electron chi connectivity index (χ0n) is 6.85. The van der Waals surface area contributed by atoms with Crippen molar-refractivity contribution in [2.24, 2.45) is 0 Å². The third kappa shape index (κ3) is 2.05. The second-order valence-corrected chi connectivity index (χ2v) is 3.53. The minimum Gasteiger partial charge on any atom is -0.259 e. The molecular formula is C8H4BrClN4. The minimum absolute atomic E-state index is 0.345. The Labute approximate surface area is 93.5 Å². The van der Waals surface area contributed by atoms with E-state index in [4.69, 9.17) is 11.6 Å². The van der Waals surface area contributed by atoms with Crippen molar-refractivity contribution in [3.8, 4) is 11.4 Å². The summed E-state index contributed by atoms with van der Waals surface area (Å²) >= 11 is 8.88. The van der Waals surface area contributed by atoms with Crippen LogP contribution in [-0.2, 0) is 0 Å². The van der Waals surface area contributed by atoms with E-state index in [1.54, 1.807) is 18.5 Å². The van der Waals surface area contributed by atoms with Crippen LogP contribution in [0.2, 0.25) is 5.15 Å². The highest BCUT2D eigenvalue weighted by Gasteiger charge is 2.02. The van der Waals surface area contributed by atoms with E-state index in [2.05, 4.69) is 35.9 Å². The van der Waals surface area contributed by atoms with Gasteiger partial charge < -0.3 is 0 Å². The summed E-state index contributed by atoms with van der Waals surface area (Å²) in [5, 5.41) is 0.345. The fraction of sp³-hybridized carbons (Fsp3) is 0. The molecule has 0 saturated heterocycles. The largest absolute Gasteiger partial charge is 0.259 e. The zero-order chi connectivity index (χ0) is 9.97. The monoisotopic (exact) mass is 270 g/mol. The first-order valence-corrected chi connectivity index (χ1v) is 4.89. The molecule has 0 aliphatic carbocycles. The second-order valence-electron chi connectivity index (χ2n) is 2.44. The highest BCUT2D eigenvalue weighted by atomic mass is 79.9. The Kier molecular flexibility index (Phi) is 2.69. The van der Waals surface area contributed by atoms with Gasteiger partial charge in [0, 0.05) is 6.20 Å². The Balaban J connectivity index is 2.49. The van der Waals surface area contributed by atoms with Crippen LogP contribution < -0.4 is 0 Å². The van der Waals surface area contributed by atoms with Gasteiger partial charge >= 0.3 is 0 Å². The van der Waals surface area contributed by atoms with E-state index in [0.717, 1.165) is 0 Å². The molecule has 2 aromatic rings. The maximum Gasteiger partial charge on any atom is 0.197 e. The summed E-state index contributed by atoms with van der Waals surface area (Å²) in [7, 11) is 0. The summed E-state index contributed by atoms with van der Waals surface area (Å²) < 4.78 is 0.511. The average molecular weight is 272 g/mol. The predicted octanol–water partition coefficient (Wildman–Crippen LogP) is 2.35. The van der Waals surface area contributed by atoms with Crippen LogP contribution in [0.1, 0.15) is 0 Å². The van der Waals surface area contributed by atoms with Crippen molar-refractivity contribution in [1.82, 2.24) is 19.9 Å². The Bertz CT molecular complexity index is 419. The summed E-state index contributed by atoms with van der Waals surface area (Å²) in [6.07, 6.45) is 4.71. The number of rotatable bonds is 1. The summed E-state index contributed by atoms with van der Waals surface area (Å²) in [6.45, 7) is 0. The van der Waals surface area contributed by atoms with Crippen LogP contribution in [0, 0.1) is 0 Å². The Morgan fingerprint density at radius 1 is 1.14 bits per heavy atom.